The second-order valence-electron chi connectivity index (χ2n) is 6.72. The van der Waals surface area contributed by atoms with E-state index in [9.17, 15) is 15.3 Å². The average Bonchev–Trinajstić information content (AvgIpc) is 2.26. The first-order valence-electron chi connectivity index (χ1n) is 6.70. The van der Waals surface area contributed by atoms with Gasteiger partial charge in [-0.25, -0.2) is 0 Å². The highest BCUT2D eigenvalue weighted by atomic mass is 16.3. The van der Waals surface area contributed by atoms with Gasteiger partial charge < -0.3 is 15.3 Å². The normalized spacial score (nSPS) is 35.3. The lowest BCUT2D eigenvalue weighted by Crippen LogP contribution is -2.48. The van der Waals surface area contributed by atoms with Crippen molar-refractivity contribution >= 4 is 0 Å². The fourth-order valence-electron chi connectivity index (χ4n) is 3.25. The third-order valence-electron chi connectivity index (χ3n) is 4.67. The minimum absolute atomic E-state index is 0.0204. The van der Waals surface area contributed by atoms with Crippen LogP contribution < -0.4 is 0 Å². The molecule has 0 aromatic rings. The van der Waals surface area contributed by atoms with Gasteiger partial charge in [0.1, 0.15) is 0 Å². The van der Waals surface area contributed by atoms with Crippen molar-refractivity contribution in [3.63, 3.8) is 0 Å². The highest BCUT2D eigenvalue weighted by Crippen LogP contribution is 2.48. The van der Waals surface area contributed by atoms with Gasteiger partial charge in [-0.05, 0) is 43.9 Å². The molecule has 3 heteroatoms. The molecule has 1 fully saturated rings. The summed E-state index contributed by atoms with van der Waals surface area (Å²) in [7, 11) is 0. The van der Waals surface area contributed by atoms with E-state index < -0.39 is 11.0 Å². The molecule has 0 bridgehead atoms. The number of hydrogen-bond donors (Lipinski definition) is 3. The predicted molar refractivity (Wildman–Crippen MR) is 68.6 cm³/mol. The van der Waals surface area contributed by atoms with Gasteiger partial charge in [-0.15, -0.1) is 0 Å². The summed E-state index contributed by atoms with van der Waals surface area (Å²) in [5.74, 6) is 1.18. The van der Waals surface area contributed by atoms with Gasteiger partial charge in [0, 0.05) is 5.41 Å². The van der Waals surface area contributed by atoms with Gasteiger partial charge in [-0.2, -0.15) is 0 Å². The van der Waals surface area contributed by atoms with Gasteiger partial charge in [0.15, 0.2) is 0 Å². The van der Waals surface area contributed by atoms with Crippen LogP contribution in [0.25, 0.3) is 0 Å². The Labute approximate surface area is 105 Å². The van der Waals surface area contributed by atoms with Crippen LogP contribution in [-0.4, -0.2) is 34.1 Å². The average molecular weight is 244 g/mol. The zero-order chi connectivity index (χ0) is 13.3. The minimum Gasteiger partial charge on any atom is -0.396 e. The predicted octanol–water partition coefficient (Wildman–Crippen LogP) is 1.80. The molecule has 3 nitrogen and oxygen atoms in total. The first kappa shape index (κ1) is 14.9. The SMILES string of the molecule is CC(C)C1CCC(C)(O)CC1C(C)(CO)CO. The van der Waals surface area contributed by atoms with Crippen molar-refractivity contribution in [2.24, 2.45) is 23.2 Å². The topological polar surface area (TPSA) is 60.7 Å². The molecule has 3 atom stereocenters. The van der Waals surface area contributed by atoms with Gasteiger partial charge in [-0.1, -0.05) is 20.8 Å². The Balaban J connectivity index is 2.95. The Morgan fingerprint density at radius 1 is 1.29 bits per heavy atom. The standard InChI is InChI=1S/C14H28O3/c1-10(2)11-5-6-14(4,17)7-12(11)13(3,8-15)9-16/h10-12,15-17H,5-9H2,1-4H3. The molecular formula is C14H28O3. The van der Waals surface area contributed by atoms with Gasteiger partial charge in [-0.3, -0.25) is 0 Å². The first-order valence-corrected chi connectivity index (χ1v) is 6.70. The van der Waals surface area contributed by atoms with Gasteiger partial charge in [0.05, 0.1) is 18.8 Å². The number of rotatable bonds is 4. The molecule has 1 aliphatic rings. The molecular weight excluding hydrogens is 216 g/mol. The Bertz CT molecular complexity index is 244. The van der Waals surface area contributed by atoms with E-state index in [0.717, 1.165) is 12.8 Å². The largest absolute Gasteiger partial charge is 0.396 e. The monoisotopic (exact) mass is 244 g/mol. The molecule has 0 aliphatic heterocycles. The fraction of sp³-hybridized carbons (Fsp3) is 1.00. The van der Waals surface area contributed by atoms with E-state index in [-0.39, 0.29) is 19.1 Å². The minimum atomic E-state index is -0.651. The van der Waals surface area contributed by atoms with Crippen LogP contribution in [-0.2, 0) is 0 Å². The summed E-state index contributed by atoms with van der Waals surface area (Å²) in [6.45, 7) is 8.13. The van der Waals surface area contributed by atoms with Crippen LogP contribution >= 0.6 is 0 Å². The third kappa shape index (κ3) is 3.21. The zero-order valence-corrected chi connectivity index (χ0v) is 11.6. The van der Waals surface area contributed by atoms with Crippen LogP contribution in [0.5, 0.6) is 0 Å². The summed E-state index contributed by atoms with van der Waals surface area (Å²) in [5, 5.41) is 29.4. The molecule has 0 heterocycles. The van der Waals surface area contributed by atoms with Crippen molar-refractivity contribution in [3.05, 3.63) is 0 Å². The van der Waals surface area contributed by atoms with Crippen LogP contribution in [0.4, 0.5) is 0 Å². The summed E-state index contributed by atoms with van der Waals surface area (Å²) >= 11 is 0. The van der Waals surface area contributed by atoms with Gasteiger partial charge >= 0.3 is 0 Å². The van der Waals surface area contributed by atoms with Gasteiger partial charge in [0.2, 0.25) is 0 Å². The van der Waals surface area contributed by atoms with Crippen molar-refractivity contribution in [1.82, 2.24) is 0 Å². The first-order chi connectivity index (χ1) is 7.75. The Kier molecular flexibility index (Phi) is 4.61. The Hall–Kier alpha value is -0.120. The number of aliphatic hydroxyl groups is 3. The molecule has 102 valence electrons. The molecule has 1 saturated carbocycles. The molecule has 0 radical (unpaired) electrons. The third-order valence-corrected chi connectivity index (χ3v) is 4.67. The van der Waals surface area contributed by atoms with Gasteiger partial charge in [0.25, 0.3) is 0 Å². The van der Waals surface area contributed by atoms with Crippen molar-refractivity contribution in [2.75, 3.05) is 13.2 Å². The highest BCUT2D eigenvalue weighted by Gasteiger charge is 2.46. The maximum Gasteiger partial charge on any atom is 0.0622 e. The zero-order valence-electron chi connectivity index (χ0n) is 11.6. The smallest absolute Gasteiger partial charge is 0.0622 e. The van der Waals surface area contributed by atoms with E-state index in [1.165, 1.54) is 0 Å². The molecule has 0 saturated heterocycles. The quantitative estimate of drug-likeness (QED) is 0.706. The summed E-state index contributed by atoms with van der Waals surface area (Å²) < 4.78 is 0. The molecule has 3 unspecified atom stereocenters. The lowest BCUT2D eigenvalue weighted by molar-refractivity contribution is -0.0958. The van der Waals surface area contributed by atoms with E-state index in [1.807, 2.05) is 13.8 Å². The Morgan fingerprint density at radius 3 is 2.24 bits per heavy atom. The molecule has 0 amide bonds. The number of aliphatic hydroxyl groups excluding tert-OH is 2. The highest BCUT2D eigenvalue weighted by molar-refractivity contribution is 4.96. The van der Waals surface area contributed by atoms with Crippen LogP contribution in [0.15, 0.2) is 0 Å². The number of hydrogen-bond acceptors (Lipinski definition) is 3. The molecule has 1 rings (SSSR count). The summed E-state index contributed by atoms with van der Waals surface area (Å²) in [4.78, 5) is 0. The van der Waals surface area contributed by atoms with Crippen molar-refractivity contribution < 1.29 is 15.3 Å². The second kappa shape index (κ2) is 5.25. The van der Waals surface area contributed by atoms with E-state index in [0.29, 0.717) is 18.3 Å². The molecule has 17 heavy (non-hydrogen) atoms. The lowest BCUT2D eigenvalue weighted by Gasteiger charge is -2.48. The van der Waals surface area contributed by atoms with Crippen LogP contribution in [0, 0.1) is 23.2 Å². The maximum absolute atomic E-state index is 10.2. The van der Waals surface area contributed by atoms with E-state index in [2.05, 4.69) is 13.8 Å². The summed E-state index contributed by atoms with van der Waals surface area (Å²) in [6.07, 6.45) is 2.47. The fourth-order valence-corrected chi connectivity index (χ4v) is 3.25. The van der Waals surface area contributed by atoms with E-state index >= 15 is 0 Å². The van der Waals surface area contributed by atoms with Crippen molar-refractivity contribution in [3.8, 4) is 0 Å². The summed E-state index contributed by atoms with van der Waals surface area (Å²) in [6, 6.07) is 0. The molecule has 1 aliphatic carbocycles. The van der Waals surface area contributed by atoms with E-state index in [1.54, 1.807) is 0 Å². The molecule has 0 aromatic heterocycles. The van der Waals surface area contributed by atoms with Crippen LogP contribution in [0.3, 0.4) is 0 Å². The Morgan fingerprint density at radius 2 is 1.82 bits per heavy atom. The molecule has 0 aromatic carbocycles. The van der Waals surface area contributed by atoms with E-state index in [4.69, 9.17) is 0 Å². The second-order valence-corrected chi connectivity index (χ2v) is 6.72. The maximum atomic E-state index is 10.2. The van der Waals surface area contributed by atoms with Crippen LogP contribution in [0.2, 0.25) is 0 Å². The summed E-state index contributed by atoms with van der Waals surface area (Å²) in [5.41, 5.74) is -1.14. The van der Waals surface area contributed by atoms with Crippen molar-refractivity contribution in [1.29, 1.82) is 0 Å². The lowest BCUT2D eigenvalue weighted by atomic mass is 9.59. The van der Waals surface area contributed by atoms with Crippen LogP contribution in [0.1, 0.15) is 47.0 Å². The molecule has 0 spiro atoms. The van der Waals surface area contributed by atoms with Crippen molar-refractivity contribution in [2.45, 2.75) is 52.6 Å². The molecule has 3 N–H and O–H groups in total.